The normalized spacial score (nSPS) is 15.8. The van der Waals surface area contributed by atoms with Gasteiger partial charge in [0.1, 0.15) is 5.75 Å². The van der Waals surface area contributed by atoms with Crippen LogP contribution in [0.15, 0.2) is 72.8 Å². The zero-order valence-electron chi connectivity index (χ0n) is 16.2. The first-order valence-electron chi connectivity index (χ1n) is 9.93. The van der Waals surface area contributed by atoms with E-state index in [1.807, 2.05) is 24.3 Å². The van der Waals surface area contributed by atoms with Gasteiger partial charge in [0.15, 0.2) is 5.75 Å². The number of benzene rings is 3. The number of rotatable bonds is 7. The number of carbonyl (C=O) groups excluding carboxylic acids is 1. The second kappa shape index (κ2) is 8.80. The van der Waals surface area contributed by atoms with Crippen molar-refractivity contribution in [1.29, 1.82) is 0 Å². The van der Waals surface area contributed by atoms with E-state index in [0.29, 0.717) is 17.4 Å². The van der Waals surface area contributed by atoms with Gasteiger partial charge in [-0.25, -0.2) is 0 Å². The fourth-order valence-corrected chi connectivity index (χ4v) is 3.54. The summed E-state index contributed by atoms with van der Waals surface area (Å²) in [7, 11) is 0. The Morgan fingerprint density at radius 2 is 1.83 bits per heavy atom. The number of nitrogens with two attached hydrogens (primary N) is 1. The van der Waals surface area contributed by atoms with Gasteiger partial charge in [-0.3, -0.25) is 4.79 Å². The van der Waals surface area contributed by atoms with Crippen LogP contribution >= 0.6 is 0 Å². The first-order valence-corrected chi connectivity index (χ1v) is 9.93. The van der Waals surface area contributed by atoms with Gasteiger partial charge in [0.25, 0.3) is 0 Å². The summed E-state index contributed by atoms with van der Waals surface area (Å²) in [6.45, 7) is 1.93. The van der Waals surface area contributed by atoms with Crippen LogP contribution in [0, 0.1) is 0 Å². The van der Waals surface area contributed by atoms with Crippen molar-refractivity contribution in [2.45, 2.75) is 18.9 Å². The number of amides is 1. The number of anilines is 1. The second-order valence-corrected chi connectivity index (χ2v) is 7.24. The van der Waals surface area contributed by atoms with Crippen molar-refractivity contribution in [3.8, 4) is 22.6 Å². The average molecular weight is 387 g/mol. The molecule has 1 fully saturated rings. The van der Waals surface area contributed by atoms with Gasteiger partial charge < -0.3 is 21.1 Å². The Morgan fingerprint density at radius 1 is 1.03 bits per heavy atom. The molecule has 1 amide bonds. The summed E-state index contributed by atoms with van der Waals surface area (Å²) in [4.78, 5) is 11.3. The number of hydrogen-bond acceptors (Lipinski definition) is 4. The molecule has 1 heterocycles. The molecule has 29 heavy (non-hydrogen) atoms. The molecule has 5 heteroatoms. The topological polar surface area (TPSA) is 76.4 Å². The van der Waals surface area contributed by atoms with Crippen molar-refractivity contribution < 1.29 is 9.53 Å². The van der Waals surface area contributed by atoms with Crippen LogP contribution in [0.5, 0.6) is 11.5 Å². The molecule has 1 aliphatic heterocycles. The molecule has 1 aliphatic rings. The molecule has 0 saturated carbocycles. The fourth-order valence-electron chi connectivity index (χ4n) is 3.54. The van der Waals surface area contributed by atoms with E-state index in [4.69, 9.17) is 10.5 Å². The Kier molecular flexibility index (Phi) is 5.77. The maximum atomic E-state index is 11.3. The van der Waals surface area contributed by atoms with Crippen LogP contribution in [0.3, 0.4) is 0 Å². The van der Waals surface area contributed by atoms with Crippen LogP contribution in [-0.2, 0) is 0 Å². The third-order valence-electron chi connectivity index (χ3n) is 5.16. The summed E-state index contributed by atoms with van der Waals surface area (Å²) in [5.74, 6) is 0.951. The molecule has 3 aromatic carbocycles. The molecule has 0 bridgehead atoms. The molecule has 0 spiro atoms. The van der Waals surface area contributed by atoms with Crippen molar-refractivity contribution in [3.63, 3.8) is 0 Å². The van der Waals surface area contributed by atoms with Gasteiger partial charge in [0.05, 0.1) is 5.69 Å². The smallest absolute Gasteiger partial charge is 0.248 e. The molecule has 1 atom stereocenters. The highest BCUT2D eigenvalue weighted by atomic mass is 16.5. The highest BCUT2D eigenvalue weighted by Crippen LogP contribution is 2.34. The van der Waals surface area contributed by atoms with E-state index in [0.717, 1.165) is 35.7 Å². The minimum atomic E-state index is -0.450. The molecule has 4 N–H and O–H groups in total. The van der Waals surface area contributed by atoms with Crippen LogP contribution in [0.25, 0.3) is 11.1 Å². The van der Waals surface area contributed by atoms with E-state index in [9.17, 15) is 4.79 Å². The molecule has 0 unspecified atom stereocenters. The van der Waals surface area contributed by atoms with E-state index in [-0.39, 0.29) is 0 Å². The molecule has 148 valence electrons. The molecule has 0 aliphatic carbocycles. The van der Waals surface area contributed by atoms with E-state index in [2.05, 4.69) is 34.9 Å². The molecule has 1 saturated heterocycles. The first kappa shape index (κ1) is 19.0. The lowest BCUT2D eigenvalue weighted by Crippen LogP contribution is -2.29. The number of nitrogens with one attached hydrogen (secondary N) is 2. The average Bonchev–Trinajstić information content (AvgIpc) is 3.27. The van der Waals surface area contributed by atoms with Gasteiger partial charge in [-0.15, -0.1) is 0 Å². The number of hydrogen-bond donors (Lipinski definition) is 3. The van der Waals surface area contributed by atoms with Crippen LogP contribution in [0.1, 0.15) is 23.2 Å². The molecular formula is C24H25N3O2. The van der Waals surface area contributed by atoms with Crippen molar-refractivity contribution in [2.75, 3.05) is 18.4 Å². The molecule has 3 aromatic rings. The molecule has 4 rings (SSSR count). The summed E-state index contributed by atoms with van der Waals surface area (Å²) in [6, 6.07) is 23.8. The summed E-state index contributed by atoms with van der Waals surface area (Å²) < 4.78 is 6.19. The zero-order valence-corrected chi connectivity index (χ0v) is 16.2. The minimum absolute atomic E-state index is 0.450. The Bertz CT molecular complexity index is 965. The fraction of sp³-hybridized carbons (Fsp3) is 0.208. The maximum Gasteiger partial charge on any atom is 0.248 e. The number of ether oxygens (including phenoxy) is 1. The van der Waals surface area contributed by atoms with E-state index >= 15 is 0 Å². The Balaban J connectivity index is 1.60. The predicted molar refractivity (Wildman–Crippen MR) is 116 cm³/mol. The monoisotopic (exact) mass is 387 g/mol. The van der Waals surface area contributed by atoms with Crippen LogP contribution in [-0.4, -0.2) is 25.0 Å². The third-order valence-corrected chi connectivity index (χ3v) is 5.16. The summed E-state index contributed by atoms with van der Waals surface area (Å²) in [5, 5.41) is 7.03. The largest absolute Gasteiger partial charge is 0.455 e. The van der Waals surface area contributed by atoms with Crippen LogP contribution in [0.2, 0.25) is 0 Å². The van der Waals surface area contributed by atoms with Crippen LogP contribution in [0.4, 0.5) is 5.69 Å². The maximum absolute atomic E-state index is 11.3. The summed E-state index contributed by atoms with van der Waals surface area (Å²) in [6.07, 6.45) is 2.40. The van der Waals surface area contributed by atoms with Crippen molar-refractivity contribution in [1.82, 2.24) is 5.32 Å². The van der Waals surface area contributed by atoms with E-state index < -0.39 is 5.91 Å². The lowest BCUT2D eigenvalue weighted by molar-refractivity contribution is 0.100. The van der Waals surface area contributed by atoms with E-state index in [1.54, 1.807) is 24.3 Å². The third kappa shape index (κ3) is 4.76. The number of carbonyl (C=O) groups is 1. The Morgan fingerprint density at radius 3 is 2.52 bits per heavy atom. The quantitative estimate of drug-likeness (QED) is 0.561. The predicted octanol–water partition coefficient (Wildman–Crippen LogP) is 4.41. The van der Waals surface area contributed by atoms with Gasteiger partial charge in [0, 0.05) is 18.2 Å². The van der Waals surface area contributed by atoms with Crippen LogP contribution < -0.4 is 21.1 Å². The van der Waals surface area contributed by atoms with Gasteiger partial charge in [-0.05, 0) is 66.9 Å². The Labute approximate surface area is 170 Å². The standard InChI is InChI=1S/C24H25N3O2/c25-24(28)18-8-11-21(12-9-18)29-23-15-19(17-5-2-1-3-6-17)10-13-22(23)27-16-20-7-4-14-26-20/h1-3,5-6,8-13,15,20,26-27H,4,7,14,16H2,(H2,25,28)/t20-/m0/s1. The zero-order chi connectivity index (χ0) is 20.1. The minimum Gasteiger partial charge on any atom is -0.455 e. The SMILES string of the molecule is NC(=O)c1ccc(Oc2cc(-c3ccccc3)ccc2NC[C@@H]2CCCN2)cc1. The molecular weight excluding hydrogens is 362 g/mol. The highest BCUT2D eigenvalue weighted by Gasteiger charge is 2.15. The Hall–Kier alpha value is -3.31. The molecule has 0 aromatic heterocycles. The molecule has 5 nitrogen and oxygen atoms in total. The van der Waals surface area contributed by atoms with Gasteiger partial charge >= 0.3 is 0 Å². The summed E-state index contributed by atoms with van der Waals surface area (Å²) in [5.41, 5.74) is 8.94. The summed E-state index contributed by atoms with van der Waals surface area (Å²) >= 11 is 0. The van der Waals surface area contributed by atoms with Crippen molar-refractivity contribution in [3.05, 3.63) is 78.4 Å². The van der Waals surface area contributed by atoms with Crippen molar-refractivity contribution >= 4 is 11.6 Å². The van der Waals surface area contributed by atoms with Crippen molar-refractivity contribution in [2.24, 2.45) is 5.73 Å². The molecule has 0 radical (unpaired) electrons. The van der Waals surface area contributed by atoms with Gasteiger partial charge in [-0.2, -0.15) is 0 Å². The second-order valence-electron chi connectivity index (χ2n) is 7.24. The highest BCUT2D eigenvalue weighted by molar-refractivity contribution is 5.92. The number of primary amides is 1. The lowest BCUT2D eigenvalue weighted by atomic mass is 10.0. The lowest BCUT2D eigenvalue weighted by Gasteiger charge is -2.17. The first-order chi connectivity index (χ1) is 14.2. The van der Waals surface area contributed by atoms with Gasteiger partial charge in [-0.1, -0.05) is 36.4 Å². The van der Waals surface area contributed by atoms with E-state index in [1.165, 1.54) is 12.8 Å². The van der Waals surface area contributed by atoms with Gasteiger partial charge in [0.2, 0.25) is 5.91 Å².